The Bertz CT molecular complexity index is 830. The molecule has 0 atom stereocenters. The Morgan fingerprint density at radius 1 is 1.05 bits per heavy atom. The van der Waals surface area contributed by atoms with E-state index >= 15 is 0 Å². The van der Waals surface area contributed by atoms with E-state index in [1.54, 1.807) is 4.57 Å². The highest BCUT2D eigenvalue weighted by Crippen LogP contribution is 2.37. The predicted octanol–water partition coefficient (Wildman–Crippen LogP) is 5.44. The van der Waals surface area contributed by atoms with Crippen molar-refractivity contribution in [2.45, 2.75) is 0 Å². The first-order chi connectivity index (χ1) is 9.49. The smallest absolute Gasteiger partial charge is 0.205 e. The Kier molecular flexibility index (Phi) is 3.71. The fourth-order valence-corrected chi connectivity index (χ4v) is 3.22. The number of halogens is 4. The number of fused-ring (bicyclic) bond motifs is 1. The zero-order valence-corrected chi connectivity index (χ0v) is 14.6. The highest BCUT2D eigenvalue weighted by atomic mass is 79.9. The lowest BCUT2D eigenvalue weighted by Gasteiger charge is -2.11. The summed E-state index contributed by atoms with van der Waals surface area (Å²) in [5, 5.41) is 0.873. The summed E-state index contributed by atoms with van der Waals surface area (Å²) in [6.07, 6.45) is 0. The van der Waals surface area contributed by atoms with Crippen LogP contribution in [0.2, 0.25) is 10.0 Å². The lowest BCUT2D eigenvalue weighted by Crippen LogP contribution is -2.01. The largest absolute Gasteiger partial charge is 0.369 e. The molecule has 0 unspecified atom stereocenters. The third-order valence-corrected chi connectivity index (χ3v) is 5.15. The van der Waals surface area contributed by atoms with Crippen molar-refractivity contribution in [1.82, 2.24) is 9.55 Å². The van der Waals surface area contributed by atoms with Crippen LogP contribution in [0.15, 0.2) is 39.3 Å². The van der Waals surface area contributed by atoms with E-state index in [9.17, 15) is 0 Å². The Morgan fingerprint density at radius 2 is 1.80 bits per heavy atom. The number of hydrogen-bond donors (Lipinski definition) is 1. The molecule has 3 aromatic rings. The molecule has 2 N–H and O–H groups in total. The molecule has 0 saturated heterocycles. The van der Waals surface area contributed by atoms with Crippen molar-refractivity contribution in [2.75, 3.05) is 5.73 Å². The fourth-order valence-electron chi connectivity index (χ4n) is 2.01. The van der Waals surface area contributed by atoms with Crippen molar-refractivity contribution in [2.24, 2.45) is 0 Å². The van der Waals surface area contributed by atoms with Crippen molar-refractivity contribution in [3.63, 3.8) is 0 Å². The van der Waals surface area contributed by atoms with E-state index in [2.05, 4.69) is 36.8 Å². The second-order valence-electron chi connectivity index (χ2n) is 4.13. The molecule has 3 nitrogen and oxygen atoms in total. The van der Waals surface area contributed by atoms with Crippen LogP contribution in [0, 0.1) is 0 Å². The van der Waals surface area contributed by atoms with Crippen molar-refractivity contribution in [1.29, 1.82) is 0 Å². The number of nitrogen functional groups attached to an aromatic ring is 1. The third kappa shape index (κ3) is 2.22. The first-order valence-corrected chi connectivity index (χ1v) is 7.90. The Balaban J connectivity index is 2.35. The standard InChI is InChI=1S/C13H7Br2Cl2N3/c14-6-1-3-9-8(5-6)19-13(18)20(9)10-4-2-7(15)11(16)12(10)17/h1-5H,(H2,18,19). The van der Waals surface area contributed by atoms with Crippen LogP contribution < -0.4 is 5.73 Å². The molecule has 0 amide bonds. The molecule has 0 fully saturated rings. The molecule has 0 bridgehead atoms. The Hall–Kier alpha value is -0.750. The van der Waals surface area contributed by atoms with Crippen LogP contribution in [0.4, 0.5) is 5.95 Å². The van der Waals surface area contributed by atoms with Gasteiger partial charge in [-0.1, -0.05) is 39.1 Å². The number of aromatic nitrogens is 2. The van der Waals surface area contributed by atoms with Gasteiger partial charge in [0.25, 0.3) is 0 Å². The normalized spacial score (nSPS) is 11.2. The maximum Gasteiger partial charge on any atom is 0.205 e. The second kappa shape index (κ2) is 5.22. The molecular weight excluding hydrogens is 429 g/mol. The maximum absolute atomic E-state index is 6.32. The SMILES string of the molecule is Nc1nc2cc(Br)ccc2n1-c1ccc(Br)c(Cl)c1Cl. The molecule has 0 saturated carbocycles. The molecule has 3 rings (SSSR count). The maximum atomic E-state index is 6.32. The molecule has 102 valence electrons. The van der Waals surface area contributed by atoms with Gasteiger partial charge >= 0.3 is 0 Å². The lowest BCUT2D eigenvalue weighted by atomic mass is 10.3. The van der Waals surface area contributed by atoms with Crippen molar-refractivity contribution >= 4 is 72.0 Å². The second-order valence-corrected chi connectivity index (χ2v) is 6.66. The van der Waals surface area contributed by atoms with Crippen LogP contribution in [0.5, 0.6) is 0 Å². The van der Waals surface area contributed by atoms with Crippen LogP contribution in [0.1, 0.15) is 0 Å². The summed E-state index contributed by atoms with van der Waals surface area (Å²) >= 11 is 19.2. The minimum Gasteiger partial charge on any atom is -0.369 e. The number of anilines is 1. The molecule has 2 aromatic carbocycles. The predicted molar refractivity (Wildman–Crippen MR) is 90.9 cm³/mol. The van der Waals surface area contributed by atoms with E-state index in [1.807, 2.05) is 30.3 Å². The van der Waals surface area contributed by atoms with E-state index in [-0.39, 0.29) is 0 Å². The van der Waals surface area contributed by atoms with Crippen LogP contribution in [-0.2, 0) is 0 Å². The number of nitrogens with two attached hydrogens (primary N) is 1. The number of rotatable bonds is 1. The van der Waals surface area contributed by atoms with Gasteiger partial charge in [0, 0.05) is 8.95 Å². The molecule has 0 aliphatic rings. The van der Waals surface area contributed by atoms with Crippen LogP contribution in [0.3, 0.4) is 0 Å². The molecule has 7 heteroatoms. The molecule has 1 aromatic heterocycles. The lowest BCUT2D eigenvalue weighted by molar-refractivity contribution is 1.11. The first kappa shape index (κ1) is 14.2. The zero-order valence-electron chi connectivity index (χ0n) is 9.87. The van der Waals surface area contributed by atoms with Gasteiger partial charge in [0.05, 0.1) is 26.8 Å². The summed E-state index contributed by atoms with van der Waals surface area (Å²) in [6.45, 7) is 0. The molecule has 0 aliphatic carbocycles. The minimum absolute atomic E-state index is 0.360. The van der Waals surface area contributed by atoms with E-state index in [1.165, 1.54) is 0 Å². The zero-order chi connectivity index (χ0) is 14.4. The van der Waals surface area contributed by atoms with Crippen LogP contribution in [0.25, 0.3) is 16.7 Å². The summed E-state index contributed by atoms with van der Waals surface area (Å²) in [4.78, 5) is 4.34. The average Bonchev–Trinajstić information content (AvgIpc) is 2.72. The van der Waals surface area contributed by atoms with Crippen LogP contribution >= 0.6 is 55.1 Å². The minimum atomic E-state index is 0.360. The average molecular weight is 436 g/mol. The van der Waals surface area contributed by atoms with Gasteiger partial charge in [-0.25, -0.2) is 4.98 Å². The number of hydrogen-bond acceptors (Lipinski definition) is 2. The van der Waals surface area contributed by atoms with Gasteiger partial charge in [0.2, 0.25) is 5.95 Å². The quantitative estimate of drug-likeness (QED) is 0.517. The number of nitrogens with zero attached hydrogens (tertiary/aromatic N) is 2. The summed E-state index contributed by atoms with van der Waals surface area (Å²) in [6, 6.07) is 9.42. The third-order valence-electron chi connectivity index (χ3n) is 2.90. The van der Waals surface area contributed by atoms with E-state index < -0.39 is 0 Å². The molecule has 0 spiro atoms. The summed E-state index contributed by atoms with van der Waals surface area (Å²) < 4.78 is 3.45. The Morgan fingerprint density at radius 3 is 2.55 bits per heavy atom. The van der Waals surface area contributed by atoms with Gasteiger partial charge in [0.15, 0.2) is 0 Å². The molecule has 1 heterocycles. The van der Waals surface area contributed by atoms with Gasteiger partial charge in [-0.05, 0) is 46.3 Å². The van der Waals surface area contributed by atoms with E-state index in [0.29, 0.717) is 21.7 Å². The monoisotopic (exact) mass is 433 g/mol. The highest BCUT2D eigenvalue weighted by Gasteiger charge is 2.15. The van der Waals surface area contributed by atoms with Crippen molar-refractivity contribution in [3.05, 3.63) is 49.3 Å². The molecule has 0 radical (unpaired) electrons. The topological polar surface area (TPSA) is 43.8 Å². The van der Waals surface area contributed by atoms with E-state index in [0.717, 1.165) is 20.0 Å². The molecule has 20 heavy (non-hydrogen) atoms. The fraction of sp³-hybridized carbons (Fsp3) is 0. The van der Waals surface area contributed by atoms with E-state index in [4.69, 9.17) is 28.9 Å². The van der Waals surface area contributed by atoms with Gasteiger partial charge in [-0.2, -0.15) is 0 Å². The van der Waals surface area contributed by atoms with Crippen LogP contribution in [-0.4, -0.2) is 9.55 Å². The first-order valence-electron chi connectivity index (χ1n) is 5.56. The van der Waals surface area contributed by atoms with Crippen molar-refractivity contribution < 1.29 is 0 Å². The molecular formula is C13H7Br2Cl2N3. The Labute approximate surface area is 141 Å². The molecule has 0 aliphatic heterocycles. The summed E-state index contributed by atoms with van der Waals surface area (Å²) in [7, 11) is 0. The van der Waals surface area contributed by atoms with Gasteiger partial charge in [-0.3, -0.25) is 4.57 Å². The highest BCUT2D eigenvalue weighted by molar-refractivity contribution is 9.10. The van der Waals surface area contributed by atoms with Gasteiger partial charge in [-0.15, -0.1) is 0 Å². The van der Waals surface area contributed by atoms with Crippen molar-refractivity contribution in [3.8, 4) is 5.69 Å². The van der Waals surface area contributed by atoms with Gasteiger partial charge < -0.3 is 5.73 Å². The summed E-state index contributed by atoms with van der Waals surface area (Å²) in [5.41, 5.74) is 8.36. The number of imidazole rings is 1. The van der Waals surface area contributed by atoms with Gasteiger partial charge in [0.1, 0.15) is 0 Å². The summed E-state index contributed by atoms with van der Waals surface area (Å²) in [5.74, 6) is 0.360. The number of benzene rings is 2.